The maximum atomic E-state index is 12.0. The number of carbonyl (C=O) groups is 1. The molecule has 0 radical (unpaired) electrons. The SMILES string of the molecule is O=C(CCNc1ccccc1[N+](=O)[O-])Nc1ccc(-n2cnnn2)cc1. The van der Waals surface area contributed by atoms with Crippen molar-refractivity contribution in [1.29, 1.82) is 0 Å². The monoisotopic (exact) mass is 353 g/mol. The molecule has 0 fully saturated rings. The maximum Gasteiger partial charge on any atom is 0.292 e. The summed E-state index contributed by atoms with van der Waals surface area (Å²) < 4.78 is 1.50. The predicted octanol–water partition coefficient (Wildman–Crippen LogP) is 2.01. The van der Waals surface area contributed by atoms with Crippen LogP contribution in [0.5, 0.6) is 0 Å². The molecule has 0 bridgehead atoms. The third kappa shape index (κ3) is 4.17. The lowest BCUT2D eigenvalue weighted by Gasteiger charge is -2.08. The Bertz CT molecular complexity index is 894. The van der Waals surface area contributed by atoms with E-state index < -0.39 is 4.92 Å². The van der Waals surface area contributed by atoms with Crippen LogP contribution in [0.25, 0.3) is 5.69 Å². The van der Waals surface area contributed by atoms with Crippen LogP contribution in [0.15, 0.2) is 54.9 Å². The van der Waals surface area contributed by atoms with E-state index >= 15 is 0 Å². The molecular formula is C16H15N7O3. The third-order valence-corrected chi connectivity index (χ3v) is 3.53. The number of para-hydroxylation sites is 2. The highest BCUT2D eigenvalue weighted by molar-refractivity contribution is 5.91. The lowest BCUT2D eigenvalue weighted by molar-refractivity contribution is -0.384. The van der Waals surface area contributed by atoms with Crippen LogP contribution in [0, 0.1) is 10.1 Å². The summed E-state index contributed by atoms with van der Waals surface area (Å²) in [5.74, 6) is -0.203. The van der Waals surface area contributed by atoms with Gasteiger partial charge in [0.25, 0.3) is 5.69 Å². The quantitative estimate of drug-likeness (QED) is 0.491. The van der Waals surface area contributed by atoms with Crippen molar-refractivity contribution in [2.24, 2.45) is 0 Å². The van der Waals surface area contributed by atoms with Crippen molar-refractivity contribution in [2.45, 2.75) is 6.42 Å². The average Bonchev–Trinajstić information content (AvgIpc) is 3.17. The Labute approximate surface area is 148 Å². The lowest BCUT2D eigenvalue weighted by atomic mass is 10.2. The Kier molecular flexibility index (Phi) is 5.13. The molecule has 0 saturated carbocycles. The molecule has 0 atom stereocenters. The minimum absolute atomic E-state index is 0.0221. The van der Waals surface area contributed by atoms with Gasteiger partial charge in [0, 0.05) is 24.7 Å². The normalized spacial score (nSPS) is 10.3. The molecule has 1 aromatic heterocycles. The molecule has 3 aromatic rings. The predicted molar refractivity (Wildman–Crippen MR) is 94.0 cm³/mol. The van der Waals surface area contributed by atoms with Crippen LogP contribution in [0.4, 0.5) is 17.1 Å². The minimum atomic E-state index is -0.464. The van der Waals surface area contributed by atoms with Gasteiger partial charge in [-0.3, -0.25) is 14.9 Å². The van der Waals surface area contributed by atoms with Crippen LogP contribution in [0.3, 0.4) is 0 Å². The highest BCUT2D eigenvalue weighted by atomic mass is 16.6. The van der Waals surface area contributed by atoms with E-state index in [0.717, 1.165) is 5.69 Å². The second kappa shape index (κ2) is 7.83. The van der Waals surface area contributed by atoms with Gasteiger partial charge in [-0.15, -0.1) is 5.10 Å². The number of rotatable bonds is 7. The van der Waals surface area contributed by atoms with E-state index in [4.69, 9.17) is 0 Å². The minimum Gasteiger partial charge on any atom is -0.379 e. The number of hydrogen-bond acceptors (Lipinski definition) is 7. The highest BCUT2D eigenvalue weighted by Gasteiger charge is 2.12. The number of aromatic nitrogens is 4. The summed E-state index contributed by atoms with van der Waals surface area (Å²) in [5.41, 5.74) is 1.77. The molecule has 2 N–H and O–H groups in total. The van der Waals surface area contributed by atoms with Crippen LogP contribution >= 0.6 is 0 Å². The number of tetrazole rings is 1. The molecule has 10 heteroatoms. The number of anilines is 2. The molecule has 26 heavy (non-hydrogen) atoms. The lowest BCUT2D eigenvalue weighted by Crippen LogP contribution is -2.16. The van der Waals surface area contributed by atoms with Crippen molar-refractivity contribution in [2.75, 3.05) is 17.2 Å². The number of nitrogens with zero attached hydrogens (tertiary/aromatic N) is 5. The Morgan fingerprint density at radius 3 is 2.62 bits per heavy atom. The van der Waals surface area contributed by atoms with Gasteiger partial charge in [0.1, 0.15) is 12.0 Å². The smallest absolute Gasteiger partial charge is 0.292 e. The molecule has 1 amide bonds. The van der Waals surface area contributed by atoms with E-state index in [1.54, 1.807) is 42.5 Å². The molecule has 0 aliphatic heterocycles. The number of benzene rings is 2. The third-order valence-electron chi connectivity index (χ3n) is 3.53. The molecule has 1 heterocycles. The zero-order valence-electron chi connectivity index (χ0n) is 13.6. The number of amides is 1. The van der Waals surface area contributed by atoms with Crippen LogP contribution in [0.2, 0.25) is 0 Å². The van der Waals surface area contributed by atoms with Crippen LogP contribution in [0.1, 0.15) is 6.42 Å². The fraction of sp³-hybridized carbons (Fsp3) is 0.125. The second-order valence-electron chi connectivity index (χ2n) is 5.30. The van der Waals surface area contributed by atoms with Crippen molar-refractivity contribution in [3.05, 3.63) is 65.0 Å². The summed E-state index contributed by atoms with van der Waals surface area (Å²) in [7, 11) is 0. The first-order chi connectivity index (χ1) is 12.6. The molecular weight excluding hydrogens is 338 g/mol. The molecule has 132 valence electrons. The van der Waals surface area contributed by atoms with Gasteiger partial charge in [-0.05, 0) is 40.8 Å². The molecule has 2 aromatic carbocycles. The van der Waals surface area contributed by atoms with Crippen molar-refractivity contribution in [3.8, 4) is 5.69 Å². The molecule has 0 saturated heterocycles. The zero-order chi connectivity index (χ0) is 18.4. The fourth-order valence-corrected chi connectivity index (χ4v) is 2.29. The standard InChI is InChI=1S/C16H15N7O3/c24-16(9-10-17-14-3-1-2-4-15(14)23(25)26)19-12-5-7-13(8-6-12)22-11-18-20-21-22/h1-8,11,17H,9-10H2,(H,19,24). The maximum absolute atomic E-state index is 12.0. The number of carbonyl (C=O) groups excluding carboxylic acids is 1. The number of nitro groups is 1. The van der Waals surface area contributed by atoms with Gasteiger partial charge in [-0.1, -0.05) is 12.1 Å². The van der Waals surface area contributed by atoms with Gasteiger partial charge in [0.15, 0.2) is 0 Å². The molecule has 0 unspecified atom stereocenters. The van der Waals surface area contributed by atoms with Gasteiger partial charge in [-0.2, -0.15) is 0 Å². The van der Waals surface area contributed by atoms with E-state index in [2.05, 4.69) is 26.2 Å². The first kappa shape index (κ1) is 17.0. The fourth-order valence-electron chi connectivity index (χ4n) is 2.29. The summed E-state index contributed by atoms with van der Waals surface area (Å²) in [6.07, 6.45) is 1.64. The van der Waals surface area contributed by atoms with Crippen LogP contribution in [-0.4, -0.2) is 37.6 Å². The van der Waals surface area contributed by atoms with E-state index in [-0.39, 0.29) is 24.6 Å². The summed E-state index contributed by atoms with van der Waals surface area (Å²) in [5, 5.41) is 27.5. The first-order valence-electron chi connectivity index (χ1n) is 7.74. The highest BCUT2D eigenvalue weighted by Crippen LogP contribution is 2.22. The summed E-state index contributed by atoms with van der Waals surface area (Å²) in [4.78, 5) is 22.5. The zero-order valence-corrected chi connectivity index (χ0v) is 13.6. The number of nitro benzene ring substituents is 1. The first-order valence-corrected chi connectivity index (χ1v) is 7.74. The van der Waals surface area contributed by atoms with Crippen LogP contribution in [-0.2, 0) is 4.79 Å². The number of hydrogen-bond donors (Lipinski definition) is 2. The topological polar surface area (TPSA) is 128 Å². The Balaban J connectivity index is 1.51. The summed E-state index contributed by atoms with van der Waals surface area (Å²) in [6.45, 7) is 0.277. The average molecular weight is 353 g/mol. The number of nitrogens with one attached hydrogen (secondary N) is 2. The molecule has 10 nitrogen and oxygen atoms in total. The summed E-state index contributed by atoms with van der Waals surface area (Å²) in [6, 6.07) is 13.3. The molecule has 0 spiro atoms. The van der Waals surface area contributed by atoms with Gasteiger partial charge in [-0.25, -0.2) is 4.68 Å². The largest absolute Gasteiger partial charge is 0.379 e. The van der Waals surface area contributed by atoms with Crippen molar-refractivity contribution < 1.29 is 9.72 Å². The summed E-state index contributed by atoms with van der Waals surface area (Å²) >= 11 is 0. The van der Waals surface area contributed by atoms with Gasteiger partial charge < -0.3 is 10.6 Å². The van der Waals surface area contributed by atoms with Crippen molar-refractivity contribution in [3.63, 3.8) is 0 Å². The van der Waals surface area contributed by atoms with Crippen molar-refractivity contribution in [1.82, 2.24) is 20.2 Å². The van der Waals surface area contributed by atoms with Gasteiger partial charge in [0.2, 0.25) is 5.91 Å². The van der Waals surface area contributed by atoms with E-state index in [9.17, 15) is 14.9 Å². The van der Waals surface area contributed by atoms with E-state index in [1.807, 2.05) is 0 Å². The molecule has 3 rings (SSSR count). The van der Waals surface area contributed by atoms with Crippen LogP contribution < -0.4 is 10.6 Å². The van der Waals surface area contributed by atoms with Gasteiger partial charge in [0.05, 0.1) is 10.6 Å². The van der Waals surface area contributed by atoms with E-state index in [0.29, 0.717) is 11.4 Å². The Hall–Kier alpha value is -3.82. The van der Waals surface area contributed by atoms with Gasteiger partial charge >= 0.3 is 0 Å². The molecule has 0 aliphatic rings. The molecule has 0 aliphatic carbocycles. The Morgan fingerprint density at radius 2 is 1.92 bits per heavy atom. The second-order valence-corrected chi connectivity index (χ2v) is 5.30. The van der Waals surface area contributed by atoms with E-state index in [1.165, 1.54) is 17.1 Å². The van der Waals surface area contributed by atoms with Crippen molar-refractivity contribution >= 4 is 23.0 Å². The Morgan fingerprint density at radius 1 is 1.15 bits per heavy atom.